The van der Waals surface area contributed by atoms with Crippen LogP contribution in [0.2, 0.25) is 0 Å². The van der Waals surface area contributed by atoms with E-state index in [2.05, 4.69) is 16.6 Å². The van der Waals surface area contributed by atoms with E-state index < -0.39 is 16.0 Å². The molecule has 0 fully saturated rings. The Balaban J connectivity index is 1.94. The standard InChI is InChI=1S/C17H19N3O4S2/c1-2-4-16-20-14(12-25-16)11-24-17(21)13-5-7-15(8-6-13)26(22,23)19-10-3-9-18/h5-8,12,19H,2-4,10-11H2,1H3. The van der Waals surface area contributed by atoms with Gasteiger partial charge in [-0.15, -0.1) is 11.3 Å². The van der Waals surface area contributed by atoms with Crippen molar-refractivity contribution in [3.63, 3.8) is 0 Å². The van der Waals surface area contributed by atoms with Gasteiger partial charge in [0.15, 0.2) is 0 Å². The number of aromatic nitrogens is 1. The van der Waals surface area contributed by atoms with Crippen molar-refractivity contribution in [3.05, 3.63) is 45.9 Å². The molecular weight excluding hydrogens is 374 g/mol. The van der Waals surface area contributed by atoms with E-state index in [0.29, 0.717) is 5.69 Å². The zero-order valence-corrected chi connectivity index (χ0v) is 15.9. The molecule has 0 aliphatic rings. The highest BCUT2D eigenvalue weighted by molar-refractivity contribution is 7.89. The summed E-state index contributed by atoms with van der Waals surface area (Å²) < 4.78 is 31.5. The van der Waals surface area contributed by atoms with Crippen LogP contribution in [-0.2, 0) is 27.8 Å². The molecule has 0 spiro atoms. The van der Waals surface area contributed by atoms with E-state index in [-0.39, 0.29) is 30.0 Å². The first-order chi connectivity index (χ1) is 12.5. The van der Waals surface area contributed by atoms with Crippen LogP contribution in [0.25, 0.3) is 0 Å². The number of carbonyl (C=O) groups excluding carboxylic acids is 1. The summed E-state index contributed by atoms with van der Waals surface area (Å²) in [4.78, 5) is 16.5. The molecule has 0 bridgehead atoms. The number of aryl methyl sites for hydroxylation is 1. The molecule has 0 radical (unpaired) electrons. The van der Waals surface area contributed by atoms with Crippen molar-refractivity contribution < 1.29 is 17.9 Å². The number of esters is 1. The van der Waals surface area contributed by atoms with Gasteiger partial charge < -0.3 is 4.74 Å². The number of ether oxygens (including phenoxy) is 1. The Kier molecular flexibility index (Phi) is 7.26. The second kappa shape index (κ2) is 9.43. The third-order valence-corrected chi connectivity index (χ3v) is 5.78. The summed E-state index contributed by atoms with van der Waals surface area (Å²) in [5.74, 6) is -0.545. The second-order valence-corrected chi connectivity index (χ2v) is 8.10. The zero-order valence-electron chi connectivity index (χ0n) is 14.3. The topological polar surface area (TPSA) is 109 Å². The SMILES string of the molecule is CCCc1nc(COC(=O)c2ccc(S(=O)(=O)NCCC#N)cc2)cs1. The van der Waals surface area contributed by atoms with Crippen molar-refractivity contribution in [1.29, 1.82) is 5.26 Å². The van der Waals surface area contributed by atoms with Crippen LogP contribution in [0.5, 0.6) is 0 Å². The Morgan fingerprint density at radius 3 is 2.73 bits per heavy atom. The average Bonchev–Trinajstić information content (AvgIpc) is 3.08. The molecule has 9 heteroatoms. The number of hydrogen-bond acceptors (Lipinski definition) is 7. The minimum absolute atomic E-state index is 0.0238. The van der Waals surface area contributed by atoms with E-state index >= 15 is 0 Å². The van der Waals surface area contributed by atoms with E-state index in [0.717, 1.165) is 17.8 Å². The second-order valence-electron chi connectivity index (χ2n) is 5.39. The molecule has 1 heterocycles. The van der Waals surface area contributed by atoms with E-state index in [1.807, 2.05) is 11.4 Å². The molecule has 7 nitrogen and oxygen atoms in total. The first-order valence-electron chi connectivity index (χ1n) is 8.03. The molecule has 0 atom stereocenters. The molecule has 0 amide bonds. The molecule has 0 aliphatic carbocycles. The maximum atomic E-state index is 12.1. The van der Waals surface area contributed by atoms with Crippen LogP contribution in [-0.4, -0.2) is 25.9 Å². The molecule has 1 N–H and O–H groups in total. The number of carbonyl (C=O) groups is 1. The summed E-state index contributed by atoms with van der Waals surface area (Å²) in [7, 11) is -3.69. The van der Waals surface area contributed by atoms with Gasteiger partial charge in [-0.2, -0.15) is 5.26 Å². The number of rotatable bonds is 9. The van der Waals surface area contributed by atoms with Crippen molar-refractivity contribution in [2.45, 2.75) is 37.7 Å². The average molecular weight is 393 g/mol. The fraction of sp³-hybridized carbons (Fsp3) is 0.353. The van der Waals surface area contributed by atoms with Crippen molar-refractivity contribution in [2.24, 2.45) is 0 Å². The Morgan fingerprint density at radius 1 is 1.35 bits per heavy atom. The highest BCUT2D eigenvalue weighted by Gasteiger charge is 2.15. The Hall–Kier alpha value is -2.28. The molecule has 0 saturated heterocycles. The summed E-state index contributed by atoms with van der Waals surface area (Å²) in [5, 5.41) is 11.3. The van der Waals surface area contributed by atoms with Crippen LogP contribution >= 0.6 is 11.3 Å². The van der Waals surface area contributed by atoms with Gasteiger partial charge in [0.25, 0.3) is 0 Å². The number of nitrogens with zero attached hydrogens (tertiary/aromatic N) is 2. The van der Waals surface area contributed by atoms with Crippen LogP contribution in [0.4, 0.5) is 0 Å². The molecule has 0 unspecified atom stereocenters. The minimum atomic E-state index is -3.69. The van der Waals surface area contributed by atoms with Gasteiger partial charge in [-0.05, 0) is 37.1 Å². The van der Waals surface area contributed by atoms with E-state index in [4.69, 9.17) is 10.00 Å². The maximum Gasteiger partial charge on any atom is 0.338 e. The fourth-order valence-corrected chi connectivity index (χ4v) is 3.98. The normalized spacial score (nSPS) is 11.1. The number of nitrogens with one attached hydrogen (secondary N) is 1. The van der Waals surface area contributed by atoms with Gasteiger partial charge in [0.2, 0.25) is 10.0 Å². The smallest absolute Gasteiger partial charge is 0.338 e. The largest absolute Gasteiger partial charge is 0.456 e. The Bertz CT molecular complexity index is 883. The third kappa shape index (κ3) is 5.62. The highest BCUT2D eigenvalue weighted by atomic mass is 32.2. The summed E-state index contributed by atoms with van der Waals surface area (Å²) in [5.41, 5.74) is 0.956. The van der Waals surface area contributed by atoms with Crippen molar-refractivity contribution >= 4 is 27.3 Å². The van der Waals surface area contributed by atoms with Crippen LogP contribution in [0.15, 0.2) is 34.5 Å². The monoisotopic (exact) mass is 393 g/mol. The molecule has 2 aromatic rings. The number of nitriles is 1. The van der Waals surface area contributed by atoms with Crippen molar-refractivity contribution in [1.82, 2.24) is 9.71 Å². The quantitative estimate of drug-likeness (QED) is 0.518. The highest BCUT2D eigenvalue weighted by Crippen LogP contribution is 2.15. The predicted octanol–water partition coefficient (Wildman–Crippen LogP) is 2.64. The molecule has 0 saturated carbocycles. The van der Waals surface area contributed by atoms with Gasteiger partial charge in [0, 0.05) is 18.3 Å². The van der Waals surface area contributed by atoms with Gasteiger partial charge in [-0.3, -0.25) is 0 Å². The number of hydrogen-bond donors (Lipinski definition) is 1. The number of benzene rings is 1. The summed E-state index contributed by atoms with van der Waals surface area (Å²) >= 11 is 1.54. The molecule has 138 valence electrons. The van der Waals surface area contributed by atoms with Gasteiger partial charge in [-0.1, -0.05) is 6.92 Å². The molecule has 1 aromatic carbocycles. The Labute approximate surface area is 156 Å². The fourth-order valence-electron chi connectivity index (χ4n) is 2.06. The summed E-state index contributed by atoms with van der Waals surface area (Å²) in [6.45, 7) is 2.19. The van der Waals surface area contributed by atoms with Crippen LogP contribution < -0.4 is 4.72 Å². The van der Waals surface area contributed by atoms with Gasteiger partial charge in [0.05, 0.1) is 27.2 Å². The summed E-state index contributed by atoms with van der Waals surface area (Å²) in [6.07, 6.45) is 1.99. The van der Waals surface area contributed by atoms with Gasteiger partial charge in [0.1, 0.15) is 6.61 Å². The molecule has 1 aromatic heterocycles. The predicted molar refractivity (Wildman–Crippen MR) is 97.1 cm³/mol. The molecular formula is C17H19N3O4S2. The maximum absolute atomic E-state index is 12.1. The van der Waals surface area contributed by atoms with Crippen molar-refractivity contribution in [3.8, 4) is 6.07 Å². The zero-order chi connectivity index (χ0) is 19.0. The van der Waals surface area contributed by atoms with Gasteiger partial charge in [-0.25, -0.2) is 22.9 Å². The van der Waals surface area contributed by atoms with Crippen molar-refractivity contribution in [2.75, 3.05) is 6.54 Å². The minimum Gasteiger partial charge on any atom is -0.456 e. The lowest BCUT2D eigenvalue weighted by atomic mass is 10.2. The lowest BCUT2D eigenvalue weighted by Crippen LogP contribution is -2.24. The van der Waals surface area contributed by atoms with Crippen LogP contribution in [0.3, 0.4) is 0 Å². The van der Waals surface area contributed by atoms with Gasteiger partial charge >= 0.3 is 5.97 Å². The van der Waals surface area contributed by atoms with E-state index in [1.54, 1.807) is 0 Å². The van der Waals surface area contributed by atoms with Crippen LogP contribution in [0.1, 0.15) is 40.8 Å². The Morgan fingerprint density at radius 2 is 2.08 bits per heavy atom. The molecule has 26 heavy (non-hydrogen) atoms. The summed E-state index contributed by atoms with van der Waals surface area (Å²) in [6, 6.07) is 7.30. The number of thiazole rings is 1. The molecule has 2 rings (SSSR count). The first kappa shape index (κ1) is 20.0. The first-order valence-corrected chi connectivity index (χ1v) is 10.4. The van der Waals surface area contributed by atoms with E-state index in [1.165, 1.54) is 35.6 Å². The van der Waals surface area contributed by atoms with E-state index in [9.17, 15) is 13.2 Å². The molecule has 0 aliphatic heterocycles. The lowest BCUT2D eigenvalue weighted by molar-refractivity contribution is 0.0468. The van der Waals surface area contributed by atoms with Crippen LogP contribution in [0, 0.1) is 11.3 Å². The third-order valence-electron chi connectivity index (χ3n) is 3.34. The lowest BCUT2D eigenvalue weighted by Gasteiger charge is -2.06. The number of sulfonamides is 1.